The van der Waals surface area contributed by atoms with Crippen LogP contribution >= 0.6 is 0 Å². The van der Waals surface area contributed by atoms with E-state index in [2.05, 4.69) is 26.0 Å². The summed E-state index contributed by atoms with van der Waals surface area (Å²) in [5, 5.41) is 0. The van der Waals surface area contributed by atoms with Crippen LogP contribution in [0.1, 0.15) is 65.2 Å². The van der Waals surface area contributed by atoms with Crippen molar-refractivity contribution >= 4 is 5.97 Å². The van der Waals surface area contributed by atoms with E-state index in [1.54, 1.807) is 0 Å². The molecular formula is C19H30O2. The zero-order valence-corrected chi connectivity index (χ0v) is 13.9. The second kappa shape index (κ2) is 5.44. The van der Waals surface area contributed by atoms with Gasteiger partial charge in [0.05, 0.1) is 7.11 Å². The summed E-state index contributed by atoms with van der Waals surface area (Å²) in [4.78, 5) is 11.8. The quantitative estimate of drug-likeness (QED) is 0.542. The Morgan fingerprint density at radius 3 is 2.76 bits per heavy atom. The molecule has 21 heavy (non-hydrogen) atoms. The van der Waals surface area contributed by atoms with E-state index >= 15 is 0 Å². The Morgan fingerprint density at radius 1 is 1.19 bits per heavy atom. The molecule has 118 valence electrons. The monoisotopic (exact) mass is 290 g/mol. The third kappa shape index (κ3) is 2.35. The first-order chi connectivity index (χ1) is 10.0. The van der Waals surface area contributed by atoms with Gasteiger partial charge in [0.25, 0.3) is 0 Å². The van der Waals surface area contributed by atoms with Crippen molar-refractivity contribution in [1.82, 2.24) is 0 Å². The van der Waals surface area contributed by atoms with Gasteiger partial charge in [0.2, 0.25) is 0 Å². The predicted octanol–water partition coefficient (Wildman–Crippen LogP) is 4.74. The van der Waals surface area contributed by atoms with Gasteiger partial charge < -0.3 is 4.74 Å². The molecule has 0 amide bonds. The largest absolute Gasteiger partial charge is 0.469 e. The van der Waals surface area contributed by atoms with Crippen LogP contribution < -0.4 is 0 Å². The molecule has 2 fully saturated rings. The van der Waals surface area contributed by atoms with E-state index in [0.29, 0.717) is 23.2 Å². The summed E-state index contributed by atoms with van der Waals surface area (Å²) in [5.41, 5.74) is 0.791. The van der Waals surface area contributed by atoms with Gasteiger partial charge in [-0.2, -0.15) is 0 Å². The Balaban J connectivity index is 1.88. The highest BCUT2D eigenvalue weighted by Crippen LogP contribution is 2.64. The highest BCUT2D eigenvalue weighted by Gasteiger charge is 2.56. The van der Waals surface area contributed by atoms with Gasteiger partial charge in [-0.3, -0.25) is 4.79 Å². The van der Waals surface area contributed by atoms with Crippen LogP contribution in [-0.4, -0.2) is 13.1 Å². The van der Waals surface area contributed by atoms with Crippen molar-refractivity contribution in [2.45, 2.75) is 65.2 Å². The number of methoxy groups -OCH3 is 1. The van der Waals surface area contributed by atoms with Gasteiger partial charge in [-0.25, -0.2) is 0 Å². The lowest BCUT2D eigenvalue weighted by atomic mass is 9.43. The number of fused-ring (bicyclic) bond motifs is 3. The number of ether oxygens (including phenoxy) is 1. The van der Waals surface area contributed by atoms with Crippen molar-refractivity contribution < 1.29 is 9.53 Å². The fourth-order valence-corrected chi connectivity index (χ4v) is 5.98. The SMILES string of the molecule is COC(=O)C[C@@H]1CCCC2[C@@]3(C)CCC=CC3CC[C@]21C. The summed E-state index contributed by atoms with van der Waals surface area (Å²) >= 11 is 0. The molecular weight excluding hydrogens is 260 g/mol. The smallest absolute Gasteiger partial charge is 0.305 e. The number of hydrogen-bond donors (Lipinski definition) is 0. The van der Waals surface area contributed by atoms with Gasteiger partial charge in [-0.1, -0.05) is 32.4 Å². The van der Waals surface area contributed by atoms with Gasteiger partial charge >= 0.3 is 5.97 Å². The van der Waals surface area contributed by atoms with E-state index in [-0.39, 0.29) is 5.97 Å². The van der Waals surface area contributed by atoms with Crippen molar-refractivity contribution in [1.29, 1.82) is 0 Å². The maximum absolute atomic E-state index is 11.8. The van der Waals surface area contributed by atoms with Crippen LogP contribution in [0, 0.1) is 28.6 Å². The van der Waals surface area contributed by atoms with Crippen molar-refractivity contribution in [2.75, 3.05) is 7.11 Å². The topological polar surface area (TPSA) is 26.3 Å². The average Bonchev–Trinajstić information content (AvgIpc) is 2.48. The van der Waals surface area contributed by atoms with Crippen molar-refractivity contribution in [3.8, 4) is 0 Å². The number of esters is 1. The summed E-state index contributed by atoms with van der Waals surface area (Å²) in [7, 11) is 1.52. The molecule has 0 spiro atoms. The molecule has 0 bridgehead atoms. The zero-order valence-electron chi connectivity index (χ0n) is 13.9. The third-order valence-corrected chi connectivity index (χ3v) is 7.27. The fourth-order valence-electron chi connectivity index (χ4n) is 5.98. The maximum Gasteiger partial charge on any atom is 0.305 e. The molecule has 3 aliphatic carbocycles. The minimum atomic E-state index is -0.0160. The lowest BCUT2D eigenvalue weighted by molar-refractivity contribution is -0.149. The average molecular weight is 290 g/mol. The van der Waals surface area contributed by atoms with E-state index in [1.165, 1.54) is 52.1 Å². The highest BCUT2D eigenvalue weighted by atomic mass is 16.5. The Morgan fingerprint density at radius 2 is 2.00 bits per heavy atom. The van der Waals surface area contributed by atoms with Crippen LogP contribution in [0.4, 0.5) is 0 Å². The highest BCUT2D eigenvalue weighted by molar-refractivity contribution is 5.69. The molecule has 3 aliphatic rings. The van der Waals surface area contributed by atoms with Crippen LogP contribution in [0.15, 0.2) is 12.2 Å². The van der Waals surface area contributed by atoms with Crippen molar-refractivity contribution in [3.63, 3.8) is 0 Å². The van der Waals surface area contributed by atoms with E-state index in [0.717, 1.165) is 11.8 Å². The first-order valence-corrected chi connectivity index (χ1v) is 8.74. The van der Waals surface area contributed by atoms with E-state index in [1.807, 2.05) is 0 Å². The van der Waals surface area contributed by atoms with Crippen LogP contribution in [0.2, 0.25) is 0 Å². The van der Waals surface area contributed by atoms with E-state index in [9.17, 15) is 4.79 Å². The van der Waals surface area contributed by atoms with Crippen molar-refractivity contribution in [3.05, 3.63) is 12.2 Å². The molecule has 0 radical (unpaired) electrons. The zero-order chi connectivity index (χ0) is 15.1. The molecule has 3 rings (SSSR count). The second-order valence-electron chi connectivity index (χ2n) is 8.08. The first kappa shape index (κ1) is 15.1. The second-order valence-corrected chi connectivity index (χ2v) is 8.08. The third-order valence-electron chi connectivity index (χ3n) is 7.27. The summed E-state index contributed by atoms with van der Waals surface area (Å²) in [6, 6.07) is 0. The maximum atomic E-state index is 11.8. The number of allylic oxidation sites excluding steroid dienone is 2. The van der Waals surface area contributed by atoms with Gasteiger partial charge in [0, 0.05) is 6.42 Å². The molecule has 0 heterocycles. The molecule has 2 unspecified atom stereocenters. The van der Waals surface area contributed by atoms with Crippen LogP contribution in [0.5, 0.6) is 0 Å². The molecule has 0 aromatic heterocycles. The molecule has 0 N–H and O–H groups in total. The standard InChI is InChI=1S/C19H30O2/c1-18-11-5-4-7-14(18)10-12-19(2)15(13-17(20)21-3)8-6-9-16(18)19/h4,7,14-16H,5-6,8-13H2,1-3H3/t14?,15-,16?,18-,19-/m0/s1. The lowest BCUT2D eigenvalue weighted by Crippen LogP contribution is -2.54. The number of rotatable bonds is 2. The molecule has 0 aliphatic heterocycles. The number of hydrogen-bond acceptors (Lipinski definition) is 2. The molecule has 0 saturated heterocycles. The fraction of sp³-hybridized carbons (Fsp3) is 0.842. The summed E-state index contributed by atoms with van der Waals surface area (Å²) < 4.78 is 4.96. The van der Waals surface area contributed by atoms with Gasteiger partial charge in [-0.15, -0.1) is 0 Å². The summed E-state index contributed by atoms with van der Waals surface area (Å²) in [5.74, 6) is 2.04. The Bertz CT molecular complexity index is 441. The summed E-state index contributed by atoms with van der Waals surface area (Å²) in [6.07, 6.45) is 14.5. The Hall–Kier alpha value is -0.790. The lowest BCUT2D eigenvalue weighted by Gasteiger charge is -2.61. The Labute approximate surface area is 129 Å². The first-order valence-electron chi connectivity index (χ1n) is 8.74. The molecule has 2 nitrogen and oxygen atoms in total. The molecule has 0 aromatic rings. The van der Waals surface area contributed by atoms with E-state index in [4.69, 9.17) is 4.74 Å². The molecule has 5 atom stereocenters. The summed E-state index contributed by atoms with van der Waals surface area (Å²) in [6.45, 7) is 5.01. The van der Waals surface area contributed by atoms with Gasteiger partial charge in [0.15, 0.2) is 0 Å². The van der Waals surface area contributed by atoms with Gasteiger partial charge in [-0.05, 0) is 67.1 Å². The minimum Gasteiger partial charge on any atom is -0.469 e. The Kier molecular flexibility index (Phi) is 3.92. The normalized spacial score (nSPS) is 45.6. The van der Waals surface area contributed by atoms with Gasteiger partial charge in [0.1, 0.15) is 0 Å². The predicted molar refractivity (Wildman–Crippen MR) is 84.8 cm³/mol. The minimum absolute atomic E-state index is 0.0160. The number of carbonyl (C=O) groups is 1. The van der Waals surface area contributed by atoms with Crippen LogP contribution in [0.3, 0.4) is 0 Å². The van der Waals surface area contributed by atoms with Crippen LogP contribution in [-0.2, 0) is 9.53 Å². The van der Waals surface area contributed by atoms with E-state index < -0.39 is 0 Å². The molecule has 2 saturated carbocycles. The number of carbonyl (C=O) groups excluding carboxylic acids is 1. The van der Waals surface area contributed by atoms with Crippen molar-refractivity contribution in [2.24, 2.45) is 28.6 Å². The van der Waals surface area contributed by atoms with Crippen LogP contribution in [0.25, 0.3) is 0 Å². The molecule has 2 heteroatoms. The molecule has 0 aromatic carbocycles.